The molecule has 0 spiro atoms. The van der Waals surface area contributed by atoms with E-state index in [2.05, 4.69) is 37.3 Å². The maximum Gasteiger partial charge on any atom is 0.236 e. The summed E-state index contributed by atoms with van der Waals surface area (Å²) < 4.78 is 0.785. The number of nitrogens with zero attached hydrogens (tertiary/aromatic N) is 2. The third kappa shape index (κ3) is 4.40. The molecule has 7 heteroatoms. The molecule has 2 rings (SSSR count). The third-order valence-corrected chi connectivity index (χ3v) is 4.38. The number of nitrogens with one attached hydrogen (secondary N) is 1. The third-order valence-electron chi connectivity index (χ3n) is 1.93. The van der Waals surface area contributed by atoms with Crippen molar-refractivity contribution >= 4 is 50.9 Å². The average molecular weight is 344 g/mol. The Balaban J connectivity index is 1.73. The van der Waals surface area contributed by atoms with E-state index in [9.17, 15) is 4.79 Å². The summed E-state index contributed by atoms with van der Waals surface area (Å²) in [5.41, 5.74) is 0. The Morgan fingerprint density at radius 2 is 2.22 bits per heavy atom. The van der Waals surface area contributed by atoms with Gasteiger partial charge in [-0.05, 0) is 27.4 Å². The largest absolute Gasteiger partial charge is 0.294 e. The van der Waals surface area contributed by atoms with Crippen molar-refractivity contribution in [1.29, 1.82) is 0 Å². The molecule has 0 aromatic carbocycles. The Kier molecular flexibility index (Phi) is 5.15. The van der Waals surface area contributed by atoms with Gasteiger partial charge in [0, 0.05) is 23.0 Å². The van der Waals surface area contributed by atoms with E-state index in [1.165, 1.54) is 4.88 Å². The highest BCUT2D eigenvalue weighted by atomic mass is 79.9. The van der Waals surface area contributed by atoms with Crippen LogP contribution in [-0.4, -0.2) is 21.6 Å². The Morgan fingerprint density at radius 3 is 2.89 bits per heavy atom. The molecule has 0 unspecified atom stereocenters. The van der Waals surface area contributed by atoms with E-state index in [0.29, 0.717) is 11.7 Å². The summed E-state index contributed by atoms with van der Waals surface area (Å²) in [5, 5.41) is 4.68. The fraction of sp³-hybridized carbons (Fsp3) is 0.182. The fourth-order valence-electron chi connectivity index (χ4n) is 1.18. The molecule has 0 radical (unpaired) electrons. The van der Waals surface area contributed by atoms with Crippen LogP contribution in [0.2, 0.25) is 0 Å². The number of carbonyl (C=O) groups excluding carboxylic acids is 1. The number of amides is 1. The number of thioether (sulfide) groups is 1. The van der Waals surface area contributed by atoms with Gasteiger partial charge in [0.25, 0.3) is 0 Å². The van der Waals surface area contributed by atoms with Crippen LogP contribution >= 0.6 is 39.0 Å². The summed E-state index contributed by atoms with van der Waals surface area (Å²) >= 11 is 6.51. The van der Waals surface area contributed by atoms with Gasteiger partial charge in [0.05, 0.1) is 10.2 Å². The standard InChI is InChI=1S/C11H10BrN3OS2/c12-8-4-13-11(14-5-8)15-10(16)7-17-6-9-2-1-3-18-9/h1-5H,6-7H2,(H,13,14,15,16). The average Bonchev–Trinajstić information content (AvgIpc) is 2.85. The van der Waals surface area contributed by atoms with Gasteiger partial charge < -0.3 is 0 Å². The molecule has 0 fully saturated rings. The van der Waals surface area contributed by atoms with Gasteiger partial charge in [-0.15, -0.1) is 23.1 Å². The smallest absolute Gasteiger partial charge is 0.236 e. The molecular formula is C11H10BrN3OS2. The predicted octanol–water partition coefficient (Wildman–Crippen LogP) is 3.17. The topological polar surface area (TPSA) is 54.9 Å². The number of anilines is 1. The molecule has 0 saturated carbocycles. The zero-order valence-corrected chi connectivity index (χ0v) is 12.5. The second-order valence-corrected chi connectivity index (χ2v) is 6.28. The summed E-state index contributed by atoms with van der Waals surface area (Å²) in [5.74, 6) is 1.50. The molecule has 0 aliphatic rings. The predicted molar refractivity (Wildman–Crippen MR) is 78.8 cm³/mol. The van der Waals surface area contributed by atoms with Crippen molar-refractivity contribution in [3.8, 4) is 0 Å². The lowest BCUT2D eigenvalue weighted by molar-refractivity contribution is -0.113. The quantitative estimate of drug-likeness (QED) is 0.905. The number of halogens is 1. The molecular weight excluding hydrogens is 334 g/mol. The minimum absolute atomic E-state index is 0.0844. The SMILES string of the molecule is O=C(CSCc1cccs1)Nc1ncc(Br)cn1. The van der Waals surface area contributed by atoms with Crippen LogP contribution in [0.5, 0.6) is 0 Å². The van der Waals surface area contributed by atoms with Gasteiger partial charge in [0.15, 0.2) is 0 Å². The van der Waals surface area contributed by atoms with E-state index in [-0.39, 0.29) is 5.91 Å². The highest BCUT2D eigenvalue weighted by molar-refractivity contribution is 9.10. The maximum absolute atomic E-state index is 11.6. The van der Waals surface area contributed by atoms with Gasteiger partial charge in [-0.2, -0.15) is 0 Å². The first-order chi connectivity index (χ1) is 8.74. The van der Waals surface area contributed by atoms with Crippen LogP contribution in [0.3, 0.4) is 0 Å². The molecule has 2 aromatic heterocycles. The lowest BCUT2D eigenvalue weighted by atomic mass is 10.5. The van der Waals surface area contributed by atoms with Crippen molar-refractivity contribution < 1.29 is 4.79 Å². The molecule has 0 saturated heterocycles. The van der Waals surface area contributed by atoms with Crippen LogP contribution in [0.15, 0.2) is 34.4 Å². The molecule has 0 aliphatic heterocycles. The Hall–Kier alpha value is -0.920. The van der Waals surface area contributed by atoms with Gasteiger partial charge in [-0.1, -0.05) is 6.07 Å². The zero-order chi connectivity index (χ0) is 12.8. The molecule has 2 heterocycles. The lowest BCUT2D eigenvalue weighted by Gasteiger charge is -2.02. The van der Waals surface area contributed by atoms with Crippen LogP contribution in [0.4, 0.5) is 5.95 Å². The Labute approximate surface area is 121 Å². The van der Waals surface area contributed by atoms with E-state index in [4.69, 9.17) is 0 Å². The van der Waals surface area contributed by atoms with Gasteiger partial charge >= 0.3 is 0 Å². The van der Waals surface area contributed by atoms with Crippen molar-refractivity contribution in [2.45, 2.75) is 5.75 Å². The summed E-state index contributed by atoms with van der Waals surface area (Å²) in [4.78, 5) is 20.8. The molecule has 1 amide bonds. The number of aromatic nitrogens is 2. The van der Waals surface area contributed by atoms with Gasteiger partial charge in [-0.3, -0.25) is 10.1 Å². The Bertz CT molecular complexity index is 502. The molecule has 4 nitrogen and oxygen atoms in total. The summed E-state index contributed by atoms with van der Waals surface area (Å²) in [6, 6.07) is 4.07. The summed E-state index contributed by atoms with van der Waals surface area (Å²) in [6.45, 7) is 0. The number of rotatable bonds is 5. The van der Waals surface area contributed by atoms with Crippen LogP contribution in [-0.2, 0) is 10.5 Å². The van der Waals surface area contributed by atoms with Crippen molar-refractivity contribution in [3.63, 3.8) is 0 Å². The summed E-state index contributed by atoms with van der Waals surface area (Å²) in [6.07, 6.45) is 3.20. The van der Waals surface area contributed by atoms with Crippen LogP contribution in [0.1, 0.15) is 4.88 Å². The minimum Gasteiger partial charge on any atom is -0.294 e. The molecule has 1 N–H and O–H groups in total. The normalized spacial score (nSPS) is 10.3. The number of hydrogen-bond acceptors (Lipinski definition) is 5. The van der Waals surface area contributed by atoms with Crippen molar-refractivity contribution in [1.82, 2.24) is 9.97 Å². The van der Waals surface area contributed by atoms with E-state index in [1.54, 1.807) is 35.5 Å². The first-order valence-corrected chi connectivity index (χ1v) is 7.94. The van der Waals surface area contributed by atoms with Crippen LogP contribution in [0, 0.1) is 0 Å². The monoisotopic (exact) mass is 343 g/mol. The molecule has 0 atom stereocenters. The van der Waals surface area contributed by atoms with E-state index >= 15 is 0 Å². The van der Waals surface area contributed by atoms with Gasteiger partial charge in [0.1, 0.15) is 0 Å². The van der Waals surface area contributed by atoms with Gasteiger partial charge in [-0.25, -0.2) is 9.97 Å². The molecule has 18 heavy (non-hydrogen) atoms. The molecule has 2 aromatic rings. The van der Waals surface area contributed by atoms with Gasteiger partial charge in [0.2, 0.25) is 11.9 Å². The first-order valence-electron chi connectivity index (χ1n) is 5.11. The van der Waals surface area contributed by atoms with E-state index in [0.717, 1.165) is 10.2 Å². The Morgan fingerprint density at radius 1 is 1.44 bits per heavy atom. The van der Waals surface area contributed by atoms with Crippen molar-refractivity contribution in [3.05, 3.63) is 39.3 Å². The number of hydrogen-bond donors (Lipinski definition) is 1. The maximum atomic E-state index is 11.6. The molecule has 94 valence electrons. The fourth-order valence-corrected chi connectivity index (χ4v) is 3.05. The minimum atomic E-state index is -0.0844. The zero-order valence-electron chi connectivity index (χ0n) is 9.30. The molecule has 0 bridgehead atoms. The number of thiophene rings is 1. The molecule has 0 aliphatic carbocycles. The highest BCUT2D eigenvalue weighted by Crippen LogP contribution is 2.17. The highest BCUT2D eigenvalue weighted by Gasteiger charge is 2.05. The van der Waals surface area contributed by atoms with Crippen LogP contribution in [0.25, 0.3) is 0 Å². The van der Waals surface area contributed by atoms with Crippen molar-refractivity contribution in [2.24, 2.45) is 0 Å². The number of carbonyl (C=O) groups is 1. The summed E-state index contributed by atoms with van der Waals surface area (Å²) in [7, 11) is 0. The van der Waals surface area contributed by atoms with Crippen LogP contribution < -0.4 is 5.32 Å². The second kappa shape index (κ2) is 6.86. The lowest BCUT2D eigenvalue weighted by Crippen LogP contribution is -2.16. The second-order valence-electron chi connectivity index (χ2n) is 3.35. The first kappa shape index (κ1) is 13.5. The van der Waals surface area contributed by atoms with E-state index < -0.39 is 0 Å². The van der Waals surface area contributed by atoms with E-state index in [1.807, 2.05) is 11.4 Å². The van der Waals surface area contributed by atoms with Crippen molar-refractivity contribution in [2.75, 3.05) is 11.1 Å².